The van der Waals surface area contributed by atoms with E-state index in [0.717, 1.165) is 35.8 Å². The normalized spacial score (nSPS) is 13.0. The van der Waals surface area contributed by atoms with E-state index >= 15 is 0 Å². The van der Waals surface area contributed by atoms with E-state index in [1.54, 1.807) is 19.1 Å². The second-order valence-electron chi connectivity index (χ2n) is 6.58. The van der Waals surface area contributed by atoms with Gasteiger partial charge in [-0.15, -0.1) is 0 Å². The number of pyridine rings is 1. The number of aryl methyl sites for hydroxylation is 1. The number of rotatable bonds is 6. The van der Waals surface area contributed by atoms with Crippen molar-refractivity contribution in [1.29, 1.82) is 0 Å². The van der Waals surface area contributed by atoms with Gasteiger partial charge in [0.05, 0.1) is 11.7 Å². The molecule has 0 bridgehead atoms. The molecule has 1 atom stereocenters. The number of hydrogen-bond donors (Lipinski definition) is 2. The highest BCUT2D eigenvalue weighted by Crippen LogP contribution is 2.16. The lowest BCUT2D eigenvalue weighted by molar-refractivity contribution is 0.607. The zero-order chi connectivity index (χ0) is 19.2. The van der Waals surface area contributed by atoms with E-state index in [0.29, 0.717) is 12.1 Å². The Labute approximate surface area is 159 Å². The number of halogens is 1. The first-order valence-electron chi connectivity index (χ1n) is 9.30. The van der Waals surface area contributed by atoms with Crippen LogP contribution in [0.25, 0.3) is 5.65 Å². The van der Waals surface area contributed by atoms with Gasteiger partial charge in [0.15, 0.2) is 5.96 Å². The Kier molecular flexibility index (Phi) is 6.06. The van der Waals surface area contributed by atoms with Crippen LogP contribution >= 0.6 is 0 Å². The Hall–Kier alpha value is -2.89. The molecule has 27 heavy (non-hydrogen) atoms. The number of imidazole rings is 1. The summed E-state index contributed by atoms with van der Waals surface area (Å²) in [4.78, 5) is 9.23. The first-order chi connectivity index (χ1) is 13.1. The molecular formula is C21H26FN5. The number of fused-ring (bicyclic) bond motifs is 1. The van der Waals surface area contributed by atoms with E-state index in [-0.39, 0.29) is 11.9 Å². The van der Waals surface area contributed by atoms with Gasteiger partial charge in [0, 0.05) is 31.9 Å². The summed E-state index contributed by atoms with van der Waals surface area (Å²) in [6, 6.07) is 11.2. The number of nitrogens with zero attached hydrogens (tertiary/aromatic N) is 3. The van der Waals surface area contributed by atoms with Crippen molar-refractivity contribution in [3.05, 3.63) is 71.4 Å². The van der Waals surface area contributed by atoms with E-state index in [9.17, 15) is 4.39 Å². The van der Waals surface area contributed by atoms with E-state index in [2.05, 4.69) is 20.6 Å². The van der Waals surface area contributed by atoms with Crippen LogP contribution < -0.4 is 10.6 Å². The molecule has 2 heterocycles. The molecule has 5 nitrogen and oxygen atoms in total. The summed E-state index contributed by atoms with van der Waals surface area (Å²) in [5.74, 6) is 0.532. The molecule has 3 rings (SSSR count). The van der Waals surface area contributed by atoms with Gasteiger partial charge in [-0.2, -0.15) is 0 Å². The van der Waals surface area contributed by atoms with Gasteiger partial charge in [0.25, 0.3) is 0 Å². The number of aromatic nitrogens is 2. The van der Waals surface area contributed by atoms with Gasteiger partial charge in [0.2, 0.25) is 0 Å². The van der Waals surface area contributed by atoms with Gasteiger partial charge in [-0.05, 0) is 50.1 Å². The lowest BCUT2D eigenvalue weighted by atomic mass is 10.1. The van der Waals surface area contributed by atoms with Crippen LogP contribution in [0.5, 0.6) is 0 Å². The maximum atomic E-state index is 13.8. The SMILES string of the molecule is CCNC(=NCCc1cn2ccccc2n1)NC(C)c1ccc(C)c(F)c1. The summed E-state index contributed by atoms with van der Waals surface area (Å²) in [5, 5.41) is 6.58. The van der Waals surface area contributed by atoms with Crippen molar-refractivity contribution in [3.63, 3.8) is 0 Å². The van der Waals surface area contributed by atoms with E-state index < -0.39 is 0 Å². The van der Waals surface area contributed by atoms with Crippen LogP contribution in [-0.4, -0.2) is 28.4 Å². The van der Waals surface area contributed by atoms with Gasteiger partial charge in [-0.1, -0.05) is 18.2 Å². The molecule has 0 radical (unpaired) electrons. The Balaban J connectivity index is 1.63. The average molecular weight is 367 g/mol. The molecule has 0 aliphatic rings. The summed E-state index contributed by atoms with van der Waals surface area (Å²) in [6.45, 7) is 7.17. The molecule has 0 aliphatic carbocycles. The van der Waals surface area contributed by atoms with Gasteiger partial charge < -0.3 is 15.0 Å². The summed E-state index contributed by atoms with van der Waals surface area (Å²) >= 11 is 0. The van der Waals surface area contributed by atoms with Crippen LogP contribution in [-0.2, 0) is 6.42 Å². The van der Waals surface area contributed by atoms with Crippen molar-refractivity contribution in [1.82, 2.24) is 20.0 Å². The standard InChI is InChI=1S/C21H26FN5/c1-4-23-21(25-16(3)17-9-8-15(2)19(22)13-17)24-11-10-18-14-27-12-6-5-7-20(27)26-18/h5-9,12-14,16H,4,10-11H2,1-3H3,(H2,23,24,25). The van der Waals surface area contributed by atoms with E-state index in [1.165, 1.54) is 0 Å². The van der Waals surface area contributed by atoms with Gasteiger partial charge in [0.1, 0.15) is 11.5 Å². The molecule has 0 fully saturated rings. The topological polar surface area (TPSA) is 53.7 Å². The molecule has 3 aromatic rings. The Morgan fingerprint density at radius 2 is 2.15 bits per heavy atom. The predicted molar refractivity (Wildman–Crippen MR) is 108 cm³/mol. The largest absolute Gasteiger partial charge is 0.357 e. The minimum absolute atomic E-state index is 0.0481. The Morgan fingerprint density at radius 1 is 1.30 bits per heavy atom. The zero-order valence-corrected chi connectivity index (χ0v) is 16.0. The van der Waals surface area contributed by atoms with Gasteiger partial charge >= 0.3 is 0 Å². The Bertz CT molecular complexity index is 898. The minimum Gasteiger partial charge on any atom is -0.357 e. The number of nitrogens with one attached hydrogen (secondary N) is 2. The summed E-state index contributed by atoms with van der Waals surface area (Å²) in [6.07, 6.45) is 4.78. The number of aliphatic imine (C=N–C) groups is 1. The second-order valence-corrected chi connectivity index (χ2v) is 6.58. The molecule has 1 unspecified atom stereocenters. The molecule has 0 spiro atoms. The van der Waals surface area contributed by atoms with E-state index in [4.69, 9.17) is 0 Å². The highest BCUT2D eigenvalue weighted by Gasteiger charge is 2.10. The predicted octanol–water partition coefficient (Wildman–Crippen LogP) is 3.64. The third kappa shape index (κ3) is 4.84. The molecule has 2 aromatic heterocycles. The molecule has 6 heteroatoms. The smallest absolute Gasteiger partial charge is 0.191 e. The van der Waals surface area contributed by atoms with Crippen molar-refractivity contribution in [2.75, 3.05) is 13.1 Å². The van der Waals surface area contributed by atoms with Gasteiger partial charge in [-0.3, -0.25) is 4.99 Å². The number of guanidine groups is 1. The highest BCUT2D eigenvalue weighted by molar-refractivity contribution is 5.80. The fourth-order valence-electron chi connectivity index (χ4n) is 2.88. The van der Waals surface area contributed by atoms with Crippen molar-refractivity contribution in [2.45, 2.75) is 33.2 Å². The number of benzene rings is 1. The fraction of sp³-hybridized carbons (Fsp3) is 0.333. The zero-order valence-electron chi connectivity index (χ0n) is 16.0. The lowest BCUT2D eigenvalue weighted by Gasteiger charge is -2.18. The van der Waals surface area contributed by atoms with Gasteiger partial charge in [-0.25, -0.2) is 9.37 Å². The first kappa shape index (κ1) is 18.9. The maximum Gasteiger partial charge on any atom is 0.191 e. The Morgan fingerprint density at radius 3 is 2.89 bits per heavy atom. The van der Waals surface area contributed by atoms with Crippen LogP contribution in [0.2, 0.25) is 0 Å². The molecular weight excluding hydrogens is 341 g/mol. The fourth-order valence-corrected chi connectivity index (χ4v) is 2.88. The number of hydrogen-bond acceptors (Lipinski definition) is 2. The van der Waals surface area contributed by atoms with Crippen LogP contribution in [0.15, 0.2) is 53.8 Å². The minimum atomic E-state index is -0.185. The molecule has 2 N–H and O–H groups in total. The third-order valence-corrected chi connectivity index (χ3v) is 4.45. The van der Waals surface area contributed by atoms with Crippen LogP contribution in [0.1, 0.15) is 36.7 Å². The van der Waals surface area contributed by atoms with Crippen molar-refractivity contribution in [3.8, 4) is 0 Å². The maximum absolute atomic E-state index is 13.8. The van der Waals surface area contributed by atoms with E-state index in [1.807, 2.05) is 54.9 Å². The van der Waals surface area contributed by atoms with Crippen molar-refractivity contribution in [2.24, 2.45) is 4.99 Å². The monoisotopic (exact) mass is 367 g/mol. The molecule has 0 aliphatic heterocycles. The van der Waals surface area contributed by atoms with Crippen LogP contribution in [0.4, 0.5) is 4.39 Å². The molecule has 0 amide bonds. The highest BCUT2D eigenvalue weighted by atomic mass is 19.1. The van der Waals surface area contributed by atoms with Crippen molar-refractivity contribution >= 4 is 11.6 Å². The summed E-state index contributed by atoms with van der Waals surface area (Å²) in [5.41, 5.74) is 3.49. The summed E-state index contributed by atoms with van der Waals surface area (Å²) in [7, 11) is 0. The first-order valence-corrected chi connectivity index (χ1v) is 9.30. The second kappa shape index (κ2) is 8.66. The molecule has 142 valence electrons. The van der Waals surface area contributed by atoms with Crippen LogP contribution in [0, 0.1) is 12.7 Å². The third-order valence-electron chi connectivity index (χ3n) is 4.45. The quantitative estimate of drug-likeness (QED) is 0.517. The molecule has 0 saturated heterocycles. The molecule has 0 saturated carbocycles. The molecule has 1 aromatic carbocycles. The lowest BCUT2D eigenvalue weighted by Crippen LogP contribution is -2.39. The average Bonchev–Trinajstić information content (AvgIpc) is 3.06. The van der Waals surface area contributed by atoms with Crippen molar-refractivity contribution < 1.29 is 4.39 Å². The summed E-state index contributed by atoms with van der Waals surface area (Å²) < 4.78 is 15.8. The van der Waals surface area contributed by atoms with Crippen LogP contribution in [0.3, 0.4) is 0 Å².